The standard InChI is InChI=1S/C11H19N3O/c1-8(2)14-6-4-5-11(7-14)10(15)12-9(3)13-11/h8,13H,3-7H2,1-2H3,(H,12,15). The Kier molecular flexibility index (Phi) is 2.46. The second-order valence-corrected chi connectivity index (χ2v) is 4.81. The van der Waals surface area contributed by atoms with Crippen LogP contribution in [0.4, 0.5) is 0 Å². The molecule has 2 heterocycles. The highest BCUT2D eigenvalue weighted by atomic mass is 16.2. The van der Waals surface area contributed by atoms with Crippen LogP contribution in [0.15, 0.2) is 12.4 Å². The van der Waals surface area contributed by atoms with Crippen LogP contribution in [0.3, 0.4) is 0 Å². The molecule has 0 bridgehead atoms. The number of hydrogen-bond acceptors (Lipinski definition) is 3. The first-order valence-corrected chi connectivity index (χ1v) is 5.56. The minimum Gasteiger partial charge on any atom is -0.357 e. The monoisotopic (exact) mass is 209 g/mol. The molecule has 1 atom stereocenters. The number of rotatable bonds is 1. The van der Waals surface area contributed by atoms with Crippen molar-refractivity contribution in [2.24, 2.45) is 0 Å². The van der Waals surface area contributed by atoms with Crippen molar-refractivity contribution in [2.75, 3.05) is 13.1 Å². The first-order chi connectivity index (χ1) is 7.03. The highest BCUT2D eigenvalue weighted by molar-refractivity contribution is 5.91. The van der Waals surface area contributed by atoms with Crippen LogP contribution in [-0.4, -0.2) is 35.5 Å². The summed E-state index contributed by atoms with van der Waals surface area (Å²) in [6, 6.07) is 0.491. The number of carbonyl (C=O) groups excluding carboxylic acids is 1. The number of nitrogens with one attached hydrogen (secondary N) is 2. The minimum absolute atomic E-state index is 0.0813. The van der Waals surface area contributed by atoms with Crippen LogP contribution in [-0.2, 0) is 4.79 Å². The smallest absolute Gasteiger partial charge is 0.252 e. The van der Waals surface area contributed by atoms with E-state index in [-0.39, 0.29) is 5.91 Å². The maximum Gasteiger partial charge on any atom is 0.252 e. The third-order valence-corrected chi connectivity index (χ3v) is 3.34. The Morgan fingerprint density at radius 2 is 2.27 bits per heavy atom. The van der Waals surface area contributed by atoms with Crippen LogP contribution >= 0.6 is 0 Å². The lowest BCUT2D eigenvalue weighted by Crippen LogP contribution is -2.59. The Morgan fingerprint density at radius 1 is 1.53 bits per heavy atom. The van der Waals surface area contributed by atoms with Gasteiger partial charge in [-0.15, -0.1) is 0 Å². The quantitative estimate of drug-likeness (QED) is 0.658. The van der Waals surface area contributed by atoms with E-state index >= 15 is 0 Å². The van der Waals surface area contributed by atoms with Gasteiger partial charge in [-0.1, -0.05) is 6.58 Å². The molecule has 2 fully saturated rings. The molecule has 0 aromatic heterocycles. The van der Waals surface area contributed by atoms with Gasteiger partial charge in [-0.25, -0.2) is 0 Å². The van der Waals surface area contributed by atoms with Gasteiger partial charge >= 0.3 is 0 Å². The fourth-order valence-electron chi connectivity index (χ4n) is 2.45. The summed E-state index contributed by atoms with van der Waals surface area (Å²) in [6.45, 7) is 9.97. The number of hydrogen-bond donors (Lipinski definition) is 2. The number of likely N-dealkylation sites (tertiary alicyclic amines) is 1. The molecule has 0 aliphatic carbocycles. The summed E-state index contributed by atoms with van der Waals surface area (Å²) in [4.78, 5) is 14.2. The van der Waals surface area contributed by atoms with Crippen molar-refractivity contribution >= 4 is 5.91 Å². The van der Waals surface area contributed by atoms with Crippen LogP contribution in [0.2, 0.25) is 0 Å². The van der Waals surface area contributed by atoms with E-state index < -0.39 is 5.54 Å². The first-order valence-electron chi connectivity index (χ1n) is 5.56. The third-order valence-electron chi connectivity index (χ3n) is 3.34. The Morgan fingerprint density at radius 3 is 2.80 bits per heavy atom. The number of carbonyl (C=O) groups is 1. The molecular formula is C11H19N3O. The van der Waals surface area contributed by atoms with Gasteiger partial charge in [0, 0.05) is 12.6 Å². The fraction of sp³-hybridized carbons (Fsp3) is 0.727. The van der Waals surface area contributed by atoms with Crippen molar-refractivity contribution in [3.05, 3.63) is 12.4 Å². The van der Waals surface area contributed by atoms with Gasteiger partial charge in [0.1, 0.15) is 5.54 Å². The molecule has 1 spiro atoms. The van der Waals surface area contributed by atoms with E-state index in [4.69, 9.17) is 0 Å². The highest BCUT2D eigenvalue weighted by Gasteiger charge is 2.46. The van der Waals surface area contributed by atoms with E-state index in [1.807, 2.05) is 0 Å². The Hall–Kier alpha value is -1.03. The molecule has 0 saturated carbocycles. The predicted octanol–water partition coefficient (Wildman–Crippen LogP) is 0.420. The summed E-state index contributed by atoms with van der Waals surface area (Å²) in [5.41, 5.74) is -0.417. The molecule has 0 aromatic rings. The molecule has 0 radical (unpaired) electrons. The normalized spacial score (nSPS) is 32.2. The summed E-state index contributed by atoms with van der Waals surface area (Å²) in [7, 11) is 0. The van der Waals surface area contributed by atoms with E-state index in [2.05, 4.69) is 36.0 Å². The second kappa shape index (κ2) is 3.52. The van der Waals surface area contributed by atoms with Crippen molar-refractivity contribution in [3.63, 3.8) is 0 Å². The molecule has 2 aliphatic rings. The topological polar surface area (TPSA) is 44.4 Å². The lowest BCUT2D eigenvalue weighted by atomic mass is 9.88. The van der Waals surface area contributed by atoms with E-state index in [9.17, 15) is 4.79 Å². The third kappa shape index (κ3) is 1.74. The lowest BCUT2D eigenvalue weighted by Gasteiger charge is -2.40. The van der Waals surface area contributed by atoms with Gasteiger partial charge < -0.3 is 10.6 Å². The average Bonchev–Trinajstić information content (AvgIpc) is 2.41. The van der Waals surface area contributed by atoms with Crippen molar-refractivity contribution in [3.8, 4) is 0 Å². The average molecular weight is 209 g/mol. The number of nitrogens with zero attached hydrogens (tertiary/aromatic N) is 1. The Labute approximate surface area is 90.7 Å². The van der Waals surface area contributed by atoms with Crippen LogP contribution in [0.25, 0.3) is 0 Å². The van der Waals surface area contributed by atoms with Crippen LogP contribution in [0.5, 0.6) is 0 Å². The molecule has 2 saturated heterocycles. The van der Waals surface area contributed by atoms with Gasteiger partial charge in [0.2, 0.25) is 0 Å². The zero-order valence-electron chi connectivity index (χ0n) is 9.47. The highest BCUT2D eigenvalue weighted by Crippen LogP contribution is 2.26. The summed E-state index contributed by atoms with van der Waals surface area (Å²) < 4.78 is 0. The van der Waals surface area contributed by atoms with Crippen LogP contribution in [0.1, 0.15) is 26.7 Å². The molecule has 2 aliphatic heterocycles. The molecular weight excluding hydrogens is 190 g/mol. The van der Waals surface area contributed by atoms with Gasteiger partial charge in [0.05, 0.1) is 5.82 Å². The minimum atomic E-state index is -0.417. The zero-order valence-corrected chi connectivity index (χ0v) is 9.47. The van der Waals surface area contributed by atoms with E-state index in [1.165, 1.54) is 0 Å². The maximum atomic E-state index is 11.9. The lowest BCUT2D eigenvalue weighted by molar-refractivity contribution is -0.126. The Balaban J connectivity index is 2.15. The molecule has 15 heavy (non-hydrogen) atoms. The van der Waals surface area contributed by atoms with Crippen molar-refractivity contribution in [2.45, 2.75) is 38.3 Å². The zero-order chi connectivity index (χ0) is 11.1. The summed E-state index contributed by atoms with van der Waals surface area (Å²) >= 11 is 0. The van der Waals surface area contributed by atoms with Gasteiger partial charge in [-0.3, -0.25) is 9.69 Å². The van der Waals surface area contributed by atoms with Gasteiger partial charge in [0.25, 0.3) is 5.91 Å². The summed E-state index contributed by atoms with van der Waals surface area (Å²) in [5.74, 6) is 0.725. The van der Waals surface area contributed by atoms with Crippen molar-refractivity contribution in [1.29, 1.82) is 0 Å². The van der Waals surface area contributed by atoms with E-state index in [1.54, 1.807) is 0 Å². The largest absolute Gasteiger partial charge is 0.357 e. The molecule has 1 unspecified atom stereocenters. The SMILES string of the molecule is C=C1NC(=O)C2(CCCN(C(C)C)C2)N1. The Bertz CT molecular complexity index is 300. The number of amides is 1. The predicted molar refractivity (Wildman–Crippen MR) is 59.1 cm³/mol. The van der Waals surface area contributed by atoms with Crippen LogP contribution in [0, 0.1) is 0 Å². The van der Waals surface area contributed by atoms with E-state index in [0.717, 1.165) is 25.9 Å². The van der Waals surface area contributed by atoms with Gasteiger partial charge in [0.15, 0.2) is 0 Å². The molecule has 4 heteroatoms. The maximum absolute atomic E-state index is 11.9. The van der Waals surface area contributed by atoms with Gasteiger partial charge in [-0.2, -0.15) is 0 Å². The fourth-order valence-corrected chi connectivity index (χ4v) is 2.45. The molecule has 84 valence electrons. The number of piperidine rings is 1. The van der Waals surface area contributed by atoms with Gasteiger partial charge in [-0.05, 0) is 33.2 Å². The molecule has 4 nitrogen and oxygen atoms in total. The molecule has 1 amide bonds. The van der Waals surface area contributed by atoms with Crippen molar-refractivity contribution in [1.82, 2.24) is 15.5 Å². The summed E-state index contributed by atoms with van der Waals surface area (Å²) in [5, 5.41) is 5.97. The summed E-state index contributed by atoms with van der Waals surface area (Å²) in [6.07, 6.45) is 1.97. The van der Waals surface area contributed by atoms with Crippen molar-refractivity contribution < 1.29 is 4.79 Å². The first kappa shape index (κ1) is 10.5. The second-order valence-electron chi connectivity index (χ2n) is 4.81. The molecule has 0 aromatic carbocycles. The molecule has 2 rings (SSSR count). The van der Waals surface area contributed by atoms with Crippen LogP contribution < -0.4 is 10.6 Å². The van der Waals surface area contributed by atoms with E-state index in [0.29, 0.717) is 11.9 Å². The molecule has 2 N–H and O–H groups in total.